The molecule has 0 aliphatic carbocycles. The largest absolute Gasteiger partial charge is 0.444 e. The summed E-state index contributed by atoms with van der Waals surface area (Å²) in [6, 6.07) is 0. The van der Waals surface area contributed by atoms with Gasteiger partial charge in [0.1, 0.15) is 12.1 Å². The zero-order valence-corrected chi connectivity index (χ0v) is 13.1. The Morgan fingerprint density at radius 1 is 1.30 bits per heavy atom. The number of unbranched alkanes of at least 4 members (excludes halogenated alkanes) is 1. The van der Waals surface area contributed by atoms with Gasteiger partial charge in [0.05, 0.1) is 0 Å². The number of carbonyl (C=O) groups is 2. The molecule has 1 rings (SSSR count). The minimum atomic E-state index is -0.523. The molecule has 1 heterocycles. The first-order chi connectivity index (χ1) is 9.33. The minimum absolute atomic E-state index is 0.00608. The van der Waals surface area contributed by atoms with Crippen LogP contribution in [0.3, 0.4) is 0 Å². The number of rotatable bonds is 5. The molecule has 0 atom stereocenters. The molecular formula is C14H27N3O3. The van der Waals surface area contributed by atoms with E-state index in [0.717, 1.165) is 25.9 Å². The molecule has 0 saturated carbocycles. The molecule has 6 nitrogen and oxygen atoms in total. The zero-order chi connectivity index (χ0) is 15.2. The van der Waals surface area contributed by atoms with E-state index in [1.807, 2.05) is 32.7 Å². The van der Waals surface area contributed by atoms with E-state index in [4.69, 9.17) is 4.74 Å². The van der Waals surface area contributed by atoms with E-state index in [-0.39, 0.29) is 12.5 Å². The molecule has 6 heteroatoms. The Balaban J connectivity index is 2.35. The van der Waals surface area contributed by atoms with Gasteiger partial charge in [0, 0.05) is 19.6 Å². The first-order valence-corrected chi connectivity index (χ1v) is 7.24. The standard InChI is InChI=1S/C14H27N3O3/c1-14(2,3)20-13(19)17-10-9-16(12(18)11-17)8-6-5-7-15-4/h15H,5-11H2,1-4H3. The smallest absolute Gasteiger partial charge is 0.410 e. The average Bonchev–Trinajstić information content (AvgIpc) is 2.34. The summed E-state index contributed by atoms with van der Waals surface area (Å²) in [6.07, 6.45) is 1.63. The summed E-state index contributed by atoms with van der Waals surface area (Å²) in [7, 11) is 1.92. The van der Waals surface area contributed by atoms with Crippen LogP contribution in [0.1, 0.15) is 33.6 Å². The van der Waals surface area contributed by atoms with Gasteiger partial charge in [0.15, 0.2) is 0 Å². The topological polar surface area (TPSA) is 61.9 Å². The van der Waals surface area contributed by atoms with Gasteiger partial charge in [0.2, 0.25) is 5.91 Å². The second kappa shape index (κ2) is 7.47. The van der Waals surface area contributed by atoms with Crippen molar-refractivity contribution in [2.75, 3.05) is 39.8 Å². The van der Waals surface area contributed by atoms with Gasteiger partial charge in [-0.1, -0.05) is 0 Å². The molecule has 1 aliphatic rings. The molecule has 0 aromatic carbocycles. The quantitative estimate of drug-likeness (QED) is 0.767. The molecule has 0 spiro atoms. The summed E-state index contributed by atoms with van der Waals surface area (Å²) in [4.78, 5) is 27.2. The highest BCUT2D eigenvalue weighted by molar-refractivity contribution is 5.83. The average molecular weight is 285 g/mol. The predicted octanol–water partition coefficient (Wildman–Crippen LogP) is 1.07. The van der Waals surface area contributed by atoms with Crippen molar-refractivity contribution in [1.29, 1.82) is 0 Å². The van der Waals surface area contributed by atoms with Crippen LogP contribution >= 0.6 is 0 Å². The van der Waals surface area contributed by atoms with Gasteiger partial charge < -0.3 is 15.0 Å². The highest BCUT2D eigenvalue weighted by atomic mass is 16.6. The van der Waals surface area contributed by atoms with E-state index in [2.05, 4.69) is 5.32 Å². The van der Waals surface area contributed by atoms with Gasteiger partial charge in [-0.3, -0.25) is 9.69 Å². The Labute approximate surface area is 121 Å². The van der Waals surface area contributed by atoms with Crippen LogP contribution in [-0.4, -0.2) is 67.2 Å². The number of hydrogen-bond acceptors (Lipinski definition) is 4. The number of piperazine rings is 1. The minimum Gasteiger partial charge on any atom is -0.444 e. The number of carbonyl (C=O) groups excluding carboxylic acids is 2. The molecule has 0 aromatic heterocycles. The third-order valence-electron chi connectivity index (χ3n) is 3.08. The van der Waals surface area contributed by atoms with Crippen LogP contribution in [0.15, 0.2) is 0 Å². The maximum absolute atomic E-state index is 12.0. The lowest BCUT2D eigenvalue weighted by Gasteiger charge is -2.35. The van der Waals surface area contributed by atoms with Crippen molar-refractivity contribution >= 4 is 12.0 Å². The maximum Gasteiger partial charge on any atom is 0.410 e. The van der Waals surface area contributed by atoms with E-state index in [1.54, 1.807) is 0 Å². The monoisotopic (exact) mass is 285 g/mol. The number of ether oxygens (including phenoxy) is 1. The normalized spacial score (nSPS) is 16.5. The SMILES string of the molecule is CNCCCCN1CCN(C(=O)OC(C)(C)C)CC1=O. The molecule has 1 fully saturated rings. The zero-order valence-electron chi connectivity index (χ0n) is 13.1. The number of hydrogen-bond donors (Lipinski definition) is 1. The second-order valence-corrected chi connectivity index (χ2v) is 6.09. The highest BCUT2D eigenvalue weighted by Gasteiger charge is 2.29. The van der Waals surface area contributed by atoms with Crippen molar-refractivity contribution in [3.8, 4) is 0 Å². The molecular weight excluding hydrogens is 258 g/mol. The van der Waals surface area contributed by atoms with Crippen LogP contribution in [0.4, 0.5) is 4.79 Å². The van der Waals surface area contributed by atoms with Gasteiger partial charge in [-0.15, -0.1) is 0 Å². The Kier molecular flexibility index (Phi) is 6.26. The summed E-state index contributed by atoms with van der Waals surface area (Å²) in [5.41, 5.74) is -0.523. The molecule has 1 N–H and O–H groups in total. The number of nitrogens with zero attached hydrogens (tertiary/aromatic N) is 2. The van der Waals surface area contributed by atoms with Crippen LogP contribution in [0, 0.1) is 0 Å². The van der Waals surface area contributed by atoms with Gasteiger partial charge in [0.25, 0.3) is 0 Å². The molecule has 2 amide bonds. The van der Waals surface area contributed by atoms with Crippen molar-refractivity contribution in [3.05, 3.63) is 0 Å². The van der Waals surface area contributed by atoms with Gasteiger partial charge in [-0.2, -0.15) is 0 Å². The lowest BCUT2D eigenvalue weighted by molar-refractivity contribution is -0.135. The summed E-state index contributed by atoms with van der Waals surface area (Å²) in [5.74, 6) is 0.00608. The second-order valence-electron chi connectivity index (χ2n) is 6.09. The van der Waals surface area contributed by atoms with Gasteiger partial charge in [-0.05, 0) is 47.2 Å². The Bertz CT molecular complexity index is 339. The van der Waals surface area contributed by atoms with Crippen LogP contribution in [0.2, 0.25) is 0 Å². The van der Waals surface area contributed by atoms with E-state index in [1.165, 1.54) is 4.90 Å². The van der Waals surface area contributed by atoms with Crippen molar-refractivity contribution < 1.29 is 14.3 Å². The lowest BCUT2D eigenvalue weighted by Crippen LogP contribution is -2.53. The first kappa shape index (κ1) is 16.8. The summed E-state index contributed by atoms with van der Waals surface area (Å²) in [5, 5.41) is 3.09. The van der Waals surface area contributed by atoms with E-state index in [0.29, 0.717) is 13.1 Å². The van der Waals surface area contributed by atoms with Crippen LogP contribution in [0.25, 0.3) is 0 Å². The maximum atomic E-state index is 12.0. The molecule has 1 saturated heterocycles. The molecule has 0 radical (unpaired) electrons. The lowest BCUT2D eigenvalue weighted by atomic mass is 10.2. The van der Waals surface area contributed by atoms with Crippen LogP contribution in [-0.2, 0) is 9.53 Å². The third kappa shape index (κ3) is 5.77. The van der Waals surface area contributed by atoms with E-state index in [9.17, 15) is 9.59 Å². The molecule has 116 valence electrons. The summed E-state index contributed by atoms with van der Waals surface area (Å²) in [6.45, 7) is 8.47. The van der Waals surface area contributed by atoms with Gasteiger partial charge in [-0.25, -0.2) is 4.79 Å². The van der Waals surface area contributed by atoms with Crippen LogP contribution < -0.4 is 5.32 Å². The molecule has 0 bridgehead atoms. The van der Waals surface area contributed by atoms with Crippen molar-refractivity contribution in [1.82, 2.24) is 15.1 Å². The molecule has 1 aliphatic heterocycles. The number of amides is 2. The van der Waals surface area contributed by atoms with Crippen molar-refractivity contribution in [2.45, 2.75) is 39.2 Å². The third-order valence-corrected chi connectivity index (χ3v) is 3.08. The molecule has 20 heavy (non-hydrogen) atoms. The predicted molar refractivity (Wildman–Crippen MR) is 77.5 cm³/mol. The van der Waals surface area contributed by atoms with Gasteiger partial charge >= 0.3 is 6.09 Å². The summed E-state index contributed by atoms with van der Waals surface area (Å²) < 4.78 is 5.28. The van der Waals surface area contributed by atoms with E-state index >= 15 is 0 Å². The van der Waals surface area contributed by atoms with E-state index < -0.39 is 11.7 Å². The summed E-state index contributed by atoms with van der Waals surface area (Å²) >= 11 is 0. The van der Waals surface area contributed by atoms with Crippen molar-refractivity contribution in [3.63, 3.8) is 0 Å². The first-order valence-electron chi connectivity index (χ1n) is 7.24. The van der Waals surface area contributed by atoms with Crippen molar-refractivity contribution in [2.24, 2.45) is 0 Å². The molecule has 0 unspecified atom stereocenters. The fraction of sp³-hybridized carbons (Fsp3) is 0.857. The molecule has 0 aromatic rings. The Morgan fingerprint density at radius 2 is 2.00 bits per heavy atom. The number of nitrogens with one attached hydrogen (secondary N) is 1. The van der Waals surface area contributed by atoms with Crippen LogP contribution in [0.5, 0.6) is 0 Å². The fourth-order valence-electron chi connectivity index (χ4n) is 2.03. The fourth-order valence-corrected chi connectivity index (χ4v) is 2.03. The Hall–Kier alpha value is -1.30. The highest BCUT2D eigenvalue weighted by Crippen LogP contribution is 2.12. The Morgan fingerprint density at radius 3 is 2.55 bits per heavy atom.